The van der Waals surface area contributed by atoms with E-state index in [1.807, 2.05) is 24.3 Å². The summed E-state index contributed by atoms with van der Waals surface area (Å²) in [6.45, 7) is 9.90. The number of nitrogens with one attached hydrogen (secondary N) is 2. The predicted molar refractivity (Wildman–Crippen MR) is 113 cm³/mol. The molecule has 0 bridgehead atoms. The van der Waals surface area contributed by atoms with Crippen molar-refractivity contribution in [3.05, 3.63) is 24.3 Å². The van der Waals surface area contributed by atoms with Crippen molar-refractivity contribution in [1.82, 2.24) is 20.4 Å². The summed E-state index contributed by atoms with van der Waals surface area (Å²) in [6.07, 6.45) is 1.24. The van der Waals surface area contributed by atoms with E-state index in [2.05, 4.69) is 27.4 Å². The summed E-state index contributed by atoms with van der Waals surface area (Å²) >= 11 is 0. The molecule has 2 fully saturated rings. The van der Waals surface area contributed by atoms with Crippen molar-refractivity contribution in [2.24, 2.45) is 0 Å². The molecule has 1 aromatic carbocycles. The molecule has 0 unspecified atom stereocenters. The summed E-state index contributed by atoms with van der Waals surface area (Å²) in [6, 6.07) is 7.03. The maximum atomic E-state index is 12.4. The second kappa shape index (κ2) is 10.5. The van der Waals surface area contributed by atoms with Crippen molar-refractivity contribution < 1.29 is 14.3 Å². The van der Waals surface area contributed by atoms with E-state index in [-0.39, 0.29) is 18.0 Å². The van der Waals surface area contributed by atoms with Crippen LogP contribution >= 0.6 is 0 Å². The Morgan fingerprint density at radius 3 is 2.69 bits per heavy atom. The van der Waals surface area contributed by atoms with Gasteiger partial charge in [-0.25, -0.2) is 4.79 Å². The number of hydrogen-bond donors (Lipinski definition) is 2. The van der Waals surface area contributed by atoms with Crippen LogP contribution in [-0.4, -0.2) is 87.2 Å². The first-order valence-corrected chi connectivity index (χ1v) is 10.5. The standard InChI is InChI=1S/C21H33N5O3/c1-3-24-10-12-25(13-11-24)9-5-8-22-21(28)23-17-14-20(27)26(16-17)18-6-4-7-19(15-18)29-2/h4,6-7,15,17H,3,5,8-14,16H2,1-2H3,(H2,22,23,28)/t17-/m0/s1. The average molecular weight is 404 g/mol. The molecule has 0 saturated carbocycles. The number of amides is 3. The van der Waals surface area contributed by atoms with Gasteiger partial charge in [0, 0.05) is 57.4 Å². The summed E-state index contributed by atoms with van der Waals surface area (Å²) in [5, 5.41) is 5.85. The quantitative estimate of drug-likeness (QED) is 0.637. The molecule has 1 aromatic rings. The van der Waals surface area contributed by atoms with Crippen LogP contribution in [0.3, 0.4) is 0 Å². The minimum Gasteiger partial charge on any atom is -0.497 e. The van der Waals surface area contributed by atoms with Gasteiger partial charge in [0.25, 0.3) is 0 Å². The molecule has 3 amide bonds. The first-order chi connectivity index (χ1) is 14.1. The molecule has 0 aliphatic carbocycles. The minimum absolute atomic E-state index is 0.00905. The van der Waals surface area contributed by atoms with Gasteiger partial charge in [0.1, 0.15) is 5.75 Å². The largest absolute Gasteiger partial charge is 0.497 e. The Morgan fingerprint density at radius 2 is 1.97 bits per heavy atom. The van der Waals surface area contributed by atoms with Crippen molar-refractivity contribution in [2.45, 2.75) is 25.8 Å². The first-order valence-electron chi connectivity index (χ1n) is 10.5. The minimum atomic E-state index is -0.203. The topological polar surface area (TPSA) is 77.2 Å². The summed E-state index contributed by atoms with van der Waals surface area (Å²) in [5.74, 6) is 0.718. The number of hydrogen-bond acceptors (Lipinski definition) is 5. The average Bonchev–Trinajstić information content (AvgIpc) is 3.11. The highest BCUT2D eigenvalue weighted by atomic mass is 16.5. The Kier molecular flexibility index (Phi) is 7.71. The van der Waals surface area contributed by atoms with Gasteiger partial charge >= 0.3 is 6.03 Å². The third-order valence-corrected chi connectivity index (χ3v) is 5.67. The fourth-order valence-corrected chi connectivity index (χ4v) is 3.90. The molecular weight excluding hydrogens is 370 g/mol. The monoisotopic (exact) mass is 403 g/mol. The molecule has 2 aliphatic heterocycles. The van der Waals surface area contributed by atoms with Gasteiger partial charge in [0.05, 0.1) is 13.2 Å². The molecule has 0 aromatic heterocycles. The zero-order valence-corrected chi connectivity index (χ0v) is 17.5. The number of nitrogens with zero attached hydrogens (tertiary/aromatic N) is 3. The van der Waals surface area contributed by atoms with Crippen LogP contribution in [0.2, 0.25) is 0 Å². The van der Waals surface area contributed by atoms with Crippen molar-refractivity contribution >= 4 is 17.6 Å². The lowest BCUT2D eigenvalue weighted by atomic mass is 10.2. The van der Waals surface area contributed by atoms with E-state index >= 15 is 0 Å². The summed E-state index contributed by atoms with van der Waals surface area (Å²) in [7, 11) is 1.60. The number of piperazine rings is 1. The molecule has 3 rings (SSSR count). The van der Waals surface area contributed by atoms with Gasteiger partial charge in [-0.15, -0.1) is 0 Å². The van der Waals surface area contributed by atoms with E-state index < -0.39 is 0 Å². The van der Waals surface area contributed by atoms with E-state index in [0.717, 1.165) is 51.4 Å². The molecule has 2 N–H and O–H groups in total. The third-order valence-electron chi connectivity index (χ3n) is 5.67. The number of carbonyl (C=O) groups is 2. The van der Waals surface area contributed by atoms with Crippen LogP contribution in [0.4, 0.5) is 10.5 Å². The second-order valence-corrected chi connectivity index (χ2v) is 7.64. The van der Waals surface area contributed by atoms with Gasteiger partial charge < -0.3 is 30.1 Å². The molecule has 160 valence electrons. The van der Waals surface area contributed by atoms with E-state index in [4.69, 9.17) is 4.74 Å². The van der Waals surface area contributed by atoms with Crippen LogP contribution in [-0.2, 0) is 4.79 Å². The summed E-state index contributed by atoms with van der Waals surface area (Å²) in [4.78, 5) is 31.1. The first kappa shape index (κ1) is 21.4. The molecule has 0 radical (unpaired) electrons. The number of rotatable bonds is 8. The molecule has 2 aliphatic rings. The predicted octanol–water partition coefficient (Wildman–Crippen LogP) is 1.13. The maximum Gasteiger partial charge on any atom is 0.315 e. The molecule has 1 atom stereocenters. The highest BCUT2D eigenvalue weighted by Gasteiger charge is 2.31. The molecule has 2 heterocycles. The van der Waals surface area contributed by atoms with Gasteiger partial charge in [0.2, 0.25) is 5.91 Å². The van der Waals surface area contributed by atoms with Gasteiger partial charge in [-0.1, -0.05) is 13.0 Å². The van der Waals surface area contributed by atoms with Gasteiger partial charge in [-0.2, -0.15) is 0 Å². The van der Waals surface area contributed by atoms with E-state index in [9.17, 15) is 9.59 Å². The smallest absolute Gasteiger partial charge is 0.315 e. The van der Waals surface area contributed by atoms with Crippen molar-refractivity contribution in [3.8, 4) is 5.75 Å². The zero-order valence-electron chi connectivity index (χ0n) is 17.5. The number of anilines is 1. The van der Waals surface area contributed by atoms with Gasteiger partial charge in [-0.05, 0) is 31.6 Å². The van der Waals surface area contributed by atoms with Gasteiger partial charge in [-0.3, -0.25) is 4.79 Å². The lowest BCUT2D eigenvalue weighted by Gasteiger charge is -2.33. The number of carbonyl (C=O) groups excluding carboxylic acids is 2. The van der Waals surface area contributed by atoms with E-state index in [1.54, 1.807) is 12.0 Å². The van der Waals surface area contributed by atoms with Crippen LogP contribution in [0.5, 0.6) is 5.75 Å². The SMILES string of the molecule is CCN1CCN(CCCNC(=O)N[C@H]2CC(=O)N(c3cccc(OC)c3)C2)CC1. The van der Waals surface area contributed by atoms with Crippen molar-refractivity contribution in [1.29, 1.82) is 0 Å². The van der Waals surface area contributed by atoms with Crippen LogP contribution < -0.4 is 20.3 Å². The Morgan fingerprint density at radius 1 is 1.21 bits per heavy atom. The highest BCUT2D eigenvalue weighted by Crippen LogP contribution is 2.25. The van der Waals surface area contributed by atoms with E-state index in [0.29, 0.717) is 25.3 Å². The number of benzene rings is 1. The molecule has 8 nitrogen and oxygen atoms in total. The normalized spacial score (nSPS) is 20.7. The molecule has 2 saturated heterocycles. The van der Waals surface area contributed by atoms with Crippen LogP contribution in [0, 0.1) is 0 Å². The third kappa shape index (κ3) is 6.08. The Balaban J connectivity index is 1.35. The number of methoxy groups -OCH3 is 1. The Bertz CT molecular complexity index is 691. The highest BCUT2D eigenvalue weighted by molar-refractivity contribution is 5.97. The van der Waals surface area contributed by atoms with Gasteiger partial charge in [0.15, 0.2) is 0 Å². The molecule has 29 heavy (non-hydrogen) atoms. The van der Waals surface area contributed by atoms with Crippen LogP contribution in [0.1, 0.15) is 19.8 Å². The van der Waals surface area contributed by atoms with Crippen LogP contribution in [0.15, 0.2) is 24.3 Å². The molecule has 8 heteroatoms. The molecule has 0 spiro atoms. The summed E-state index contributed by atoms with van der Waals surface area (Å²) < 4.78 is 5.23. The maximum absolute atomic E-state index is 12.4. The van der Waals surface area contributed by atoms with E-state index in [1.165, 1.54) is 0 Å². The lowest BCUT2D eigenvalue weighted by molar-refractivity contribution is -0.117. The fraction of sp³-hybridized carbons (Fsp3) is 0.619. The number of likely N-dealkylation sites (N-methyl/N-ethyl adjacent to an activating group) is 1. The Hall–Kier alpha value is -2.32. The van der Waals surface area contributed by atoms with Crippen molar-refractivity contribution in [3.63, 3.8) is 0 Å². The van der Waals surface area contributed by atoms with Crippen LogP contribution in [0.25, 0.3) is 0 Å². The number of urea groups is 1. The Labute approximate surface area is 173 Å². The lowest BCUT2D eigenvalue weighted by Crippen LogP contribution is -2.47. The molecular formula is C21H33N5O3. The summed E-state index contributed by atoms with van der Waals surface area (Å²) in [5.41, 5.74) is 0.794. The fourth-order valence-electron chi connectivity index (χ4n) is 3.90. The van der Waals surface area contributed by atoms with Crippen molar-refractivity contribution in [2.75, 3.05) is 64.4 Å². The number of ether oxygens (including phenoxy) is 1. The zero-order chi connectivity index (χ0) is 20.6. The second-order valence-electron chi connectivity index (χ2n) is 7.64.